The quantitative estimate of drug-likeness (QED) is 0.617. The van der Waals surface area contributed by atoms with E-state index >= 15 is 0 Å². The molecular formula is C16H13N7O. The first-order valence-corrected chi connectivity index (χ1v) is 7.21. The van der Waals surface area contributed by atoms with Crippen LogP contribution in [-0.2, 0) is 0 Å². The van der Waals surface area contributed by atoms with Gasteiger partial charge in [-0.05, 0) is 24.3 Å². The lowest BCUT2D eigenvalue weighted by molar-refractivity contribution is 0.415. The summed E-state index contributed by atoms with van der Waals surface area (Å²) in [6.45, 7) is 0. The molecule has 1 aromatic carbocycles. The monoisotopic (exact) mass is 319 g/mol. The van der Waals surface area contributed by atoms with E-state index in [4.69, 9.17) is 4.74 Å². The van der Waals surface area contributed by atoms with Crippen LogP contribution in [0.4, 0.5) is 11.6 Å². The third-order valence-electron chi connectivity index (χ3n) is 3.43. The Morgan fingerprint density at radius 1 is 1.08 bits per heavy atom. The SMILES string of the molecule is COc1ccc(Nc2nc3c(-c4cncnc4)nccn3n2)cc1. The first-order valence-electron chi connectivity index (χ1n) is 7.21. The molecule has 0 radical (unpaired) electrons. The molecule has 0 saturated carbocycles. The number of methoxy groups -OCH3 is 1. The second-order valence-electron chi connectivity index (χ2n) is 4.96. The number of nitrogens with zero attached hydrogens (tertiary/aromatic N) is 6. The zero-order chi connectivity index (χ0) is 16.4. The van der Waals surface area contributed by atoms with Crippen molar-refractivity contribution in [2.24, 2.45) is 0 Å². The van der Waals surface area contributed by atoms with Gasteiger partial charge in [-0.1, -0.05) is 0 Å². The molecule has 1 N–H and O–H groups in total. The van der Waals surface area contributed by atoms with Crippen LogP contribution in [-0.4, -0.2) is 36.7 Å². The van der Waals surface area contributed by atoms with Crippen molar-refractivity contribution in [3.05, 3.63) is 55.4 Å². The highest BCUT2D eigenvalue weighted by molar-refractivity contribution is 5.73. The average molecular weight is 319 g/mol. The number of hydrogen-bond acceptors (Lipinski definition) is 7. The molecule has 0 atom stereocenters. The molecule has 0 aliphatic rings. The Hall–Kier alpha value is -3.55. The molecule has 24 heavy (non-hydrogen) atoms. The summed E-state index contributed by atoms with van der Waals surface area (Å²) in [6.07, 6.45) is 8.28. The van der Waals surface area contributed by atoms with Crippen molar-refractivity contribution in [1.29, 1.82) is 0 Å². The molecule has 4 aromatic rings. The van der Waals surface area contributed by atoms with E-state index in [2.05, 4.69) is 30.4 Å². The Balaban J connectivity index is 1.70. The molecule has 3 heterocycles. The van der Waals surface area contributed by atoms with E-state index in [1.165, 1.54) is 6.33 Å². The summed E-state index contributed by atoms with van der Waals surface area (Å²) in [7, 11) is 1.63. The maximum absolute atomic E-state index is 5.15. The van der Waals surface area contributed by atoms with Crippen LogP contribution >= 0.6 is 0 Å². The number of aromatic nitrogens is 6. The molecule has 0 saturated heterocycles. The zero-order valence-corrected chi connectivity index (χ0v) is 12.8. The summed E-state index contributed by atoms with van der Waals surface area (Å²) in [5.41, 5.74) is 2.95. The Morgan fingerprint density at radius 2 is 1.88 bits per heavy atom. The van der Waals surface area contributed by atoms with Gasteiger partial charge < -0.3 is 10.1 Å². The van der Waals surface area contributed by atoms with Crippen LogP contribution in [0.5, 0.6) is 5.75 Å². The van der Waals surface area contributed by atoms with Gasteiger partial charge in [-0.15, -0.1) is 5.10 Å². The lowest BCUT2D eigenvalue weighted by Crippen LogP contribution is -1.94. The highest BCUT2D eigenvalue weighted by Crippen LogP contribution is 2.22. The number of fused-ring (bicyclic) bond motifs is 1. The lowest BCUT2D eigenvalue weighted by atomic mass is 10.2. The number of ether oxygens (including phenoxy) is 1. The van der Waals surface area contributed by atoms with Crippen molar-refractivity contribution in [3.63, 3.8) is 0 Å². The largest absolute Gasteiger partial charge is 0.497 e. The maximum Gasteiger partial charge on any atom is 0.247 e. The average Bonchev–Trinajstić information content (AvgIpc) is 3.05. The van der Waals surface area contributed by atoms with E-state index in [0.29, 0.717) is 17.3 Å². The second kappa shape index (κ2) is 5.92. The third kappa shape index (κ3) is 2.60. The minimum absolute atomic E-state index is 0.478. The highest BCUT2D eigenvalue weighted by atomic mass is 16.5. The molecule has 3 aromatic heterocycles. The molecule has 0 spiro atoms. The van der Waals surface area contributed by atoms with E-state index in [1.807, 2.05) is 24.3 Å². The van der Waals surface area contributed by atoms with Gasteiger partial charge >= 0.3 is 0 Å². The van der Waals surface area contributed by atoms with Gasteiger partial charge in [-0.25, -0.2) is 14.5 Å². The first kappa shape index (κ1) is 14.1. The van der Waals surface area contributed by atoms with Crippen molar-refractivity contribution < 1.29 is 4.74 Å². The van der Waals surface area contributed by atoms with Gasteiger partial charge in [-0.3, -0.25) is 4.98 Å². The van der Waals surface area contributed by atoms with Gasteiger partial charge in [0.25, 0.3) is 0 Å². The fourth-order valence-corrected chi connectivity index (χ4v) is 2.30. The van der Waals surface area contributed by atoms with Gasteiger partial charge in [0.05, 0.1) is 7.11 Å². The summed E-state index contributed by atoms with van der Waals surface area (Å²) < 4.78 is 6.82. The van der Waals surface area contributed by atoms with Crippen LogP contribution in [0.25, 0.3) is 16.9 Å². The topological polar surface area (TPSA) is 90.1 Å². The van der Waals surface area contributed by atoms with E-state index in [9.17, 15) is 0 Å². The minimum atomic E-state index is 0.478. The van der Waals surface area contributed by atoms with Gasteiger partial charge in [0.15, 0.2) is 5.65 Å². The number of hydrogen-bond donors (Lipinski definition) is 1. The van der Waals surface area contributed by atoms with Crippen LogP contribution in [0, 0.1) is 0 Å². The Labute approximate surface area is 137 Å². The van der Waals surface area contributed by atoms with Crippen LogP contribution in [0.1, 0.15) is 0 Å². The summed E-state index contributed by atoms with van der Waals surface area (Å²) in [6, 6.07) is 7.53. The lowest BCUT2D eigenvalue weighted by Gasteiger charge is -2.03. The highest BCUT2D eigenvalue weighted by Gasteiger charge is 2.11. The molecule has 0 fully saturated rings. The third-order valence-corrected chi connectivity index (χ3v) is 3.43. The summed E-state index contributed by atoms with van der Waals surface area (Å²) in [5.74, 6) is 1.27. The summed E-state index contributed by atoms with van der Waals surface area (Å²) in [5, 5.41) is 7.58. The Kier molecular flexibility index (Phi) is 3.47. The van der Waals surface area contributed by atoms with Gasteiger partial charge in [0.2, 0.25) is 5.95 Å². The van der Waals surface area contributed by atoms with E-state index in [1.54, 1.807) is 36.4 Å². The molecule has 0 bridgehead atoms. The van der Waals surface area contributed by atoms with Gasteiger partial charge in [0, 0.05) is 36.0 Å². The fraction of sp³-hybridized carbons (Fsp3) is 0.0625. The van der Waals surface area contributed by atoms with Crippen molar-refractivity contribution in [2.75, 3.05) is 12.4 Å². The number of rotatable bonds is 4. The zero-order valence-electron chi connectivity index (χ0n) is 12.8. The van der Waals surface area contributed by atoms with Crippen LogP contribution in [0.3, 0.4) is 0 Å². The Morgan fingerprint density at radius 3 is 2.62 bits per heavy atom. The summed E-state index contributed by atoms with van der Waals surface area (Å²) >= 11 is 0. The molecular weight excluding hydrogens is 306 g/mol. The number of nitrogens with one attached hydrogen (secondary N) is 1. The minimum Gasteiger partial charge on any atom is -0.497 e. The van der Waals surface area contributed by atoms with Crippen LogP contribution in [0.2, 0.25) is 0 Å². The number of benzene rings is 1. The van der Waals surface area contributed by atoms with Gasteiger partial charge in [0.1, 0.15) is 17.8 Å². The molecule has 0 aliphatic carbocycles. The normalized spacial score (nSPS) is 10.7. The number of anilines is 2. The molecule has 8 heteroatoms. The van der Waals surface area contributed by atoms with E-state index in [-0.39, 0.29) is 0 Å². The smallest absolute Gasteiger partial charge is 0.247 e. The molecule has 4 rings (SSSR count). The molecule has 0 aliphatic heterocycles. The fourth-order valence-electron chi connectivity index (χ4n) is 2.30. The van der Waals surface area contributed by atoms with E-state index < -0.39 is 0 Å². The van der Waals surface area contributed by atoms with E-state index in [0.717, 1.165) is 17.0 Å². The molecule has 0 amide bonds. The second-order valence-corrected chi connectivity index (χ2v) is 4.96. The standard InChI is InChI=1S/C16H13N7O/c1-24-13-4-2-12(3-5-13)20-16-21-15-14(11-8-17-10-18-9-11)19-6-7-23(15)22-16/h2-10H,1H3,(H,20,22). The Bertz CT molecular complexity index is 967. The van der Waals surface area contributed by atoms with Crippen molar-refractivity contribution >= 4 is 17.3 Å². The van der Waals surface area contributed by atoms with Crippen LogP contribution in [0.15, 0.2) is 55.4 Å². The molecule has 0 unspecified atom stereocenters. The maximum atomic E-state index is 5.15. The first-order chi connectivity index (χ1) is 11.8. The molecule has 8 nitrogen and oxygen atoms in total. The predicted molar refractivity (Wildman–Crippen MR) is 88.1 cm³/mol. The molecule has 118 valence electrons. The van der Waals surface area contributed by atoms with Crippen LogP contribution < -0.4 is 10.1 Å². The van der Waals surface area contributed by atoms with Crippen molar-refractivity contribution in [2.45, 2.75) is 0 Å². The summed E-state index contributed by atoms with van der Waals surface area (Å²) in [4.78, 5) is 16.9. The van der Waals surface area contributed by atoms with Crippen molar-refractivity contribution in [1.82, 2.24) is 29.5 Å². The predicted octanol–water partition coefficient (Wildman–Crippen LogP) is 2.33. The van der Waals surface area contributed by atoms with Gasteiger partial charge in [-0.2, -0.15) is 4.98 Å². The van der Waals surface area contributed by atoms with Crippen molar-refractivity contribution in [3.8, 4) is 17.0 Å².